The molecule has 0 amide bonds. The Morgan fingerprint density at radius 2 is 1.76 bits per heavy atom. The van der Waals surface area contributed by atoms with Crippen molar-refractivity contribution >= 4 is 0 Å². The molecular formula is C19H30N6. The molecule has 0 unspecified atom stereocenters. The third-order valence-electron chi connectivity index (χ3n) is 6.12. The highest BCUT2D eigenvalue weighted by atomic mass is 15.3. The Bertz CT molecular complexity index is 646. The van der Waals surface area contributed by atoms with Crippen LogP contribution in [0, 0.1) is 0 Å². The van der Waals surface area contributed by atoms with Gasteiger partial charge in [-0.1, -0.05) is 25.7 Å². The fraction of sp³-hybridized carbons (Fsp3) is 0.737. The lowest BCUT2D eigenvalue weighted by atomic mass is 9.93. The minimum Gasteiger partial charge on any atom is -0.330 e. The van der Waals surface area contributed by atoms with E-state index in [1.165, 1.54) is 64.5 Å². The van der Waals surface area contributed by atoms with E-state index < -0.39 is 0 Å². The van der Waals surface area contributed by atoms with Gasteiger partial charge in [0.05, 0.1) is 12.9 Å². The van der Waals surface area contributed by atoms with Gasteiger partial charge in [-0.2, -0.15) is 0 Å². The standard InChI is InChI=1S/C19H30N6/c1-23-18(14-24-13-10-20-15-24)21-22-19(23)16-8-11-25(12-9-16)17-6-4-2-3-5-7-17/h10,13,15-17H,2-9,11-12,14H2,1H3. The molecule has 0 spiro atoms. The zero-order chi connectivity index (χ0) is 17.1. The van der Waals surface area contributed by atoms with Crippen molar-refractivity contribution < 1.29 is 0 Å². The maximum absolute atomic E-state index is 4.53. The van der Waals surface area contributed by atoms with Crippen LogP contribution in [0.4, 0.5) is 0 Å². The lowest BCUT2D eigenvalue weighted by molar-refractivity contribution is 0.136. The summed E-state index contributed by atoms with van der Waals surface area (Å²) in [5.41, 5.74) is 0. The van der Waals surface area contributed by atoms with Crippen LogP contribution in [0.2, 0.25) is 0 Å². The summed E-state index contributed by atoms with van der Waals surface area (Å²) >= 11 is 0. The van der Waals surface area contributed by atoms with Gasteiger partial charge in [0.15, 0.2) is 5.82 Å². The molecule has 0 aromatic carbocycles. The van der Waals surface area contributed by atoms with Gasteiger partial charge in [-0.3, -0.25) is 0 Å². The average Bonchev–Trinajstić information content (AvgIpc) is 3.18. The Morgan fingerprint density at radius 3 is 2.44 bits per heavy atom. The topological polar surface area (TPSA) is 51.8 Å². The summed E-state index contributed by atoms with van der Waals surface area (Å²) in [6.07, 6.45) is 16.6. The molecular weight excluding hydrogens is 312 g/mol. The summed E-state index contributed by atoms with van der Waals surface area (Å²) in [4.78, 5) is 6.86. The molecule has 0 bridgehead atoms. The molecule has 2 aromatic rings. The minimum atomic E-state index is 0.552. The van der Waals surface area contributed by atoms with Crippen LogP contribution in [0.1, 0.15) is 68.9 Å². The molecule has 3 heterocycles. The minimum absolute atomic E-state index is 0.552. The van der Waals surface area contributed by atoms with E-state index in [1.54, 1.807) is 6.20 Å². The summed E-state index contributed by atoms with van der Waals surface area (Å²) in [5.74, 6) is 2.73. The van der Waals surface area contributed by atoms with Crippen molar-refractivity contribution in [2.75, 3.05) is 13.1 Å². The smallest absolute Gasteiger partial charge is 0.152 e. The van der Waals surface area contributed by atoms with E-state index in [9.17, 15) is 0 Å². The number of nitrogens with zero attached hydrogens (tertiary/aromatic N) is 6. The summed E-state index contributed by atoms with van der Waals surface area (Å²) < 4.78 is 4.24. The molecule has 0 N–H and O–H groups in total. The number of hydrogen-bond donors (Lipinski definition) is 0. The Balaban J connectivity index is 1.36. The van der Waals surface area contributed by atoms with Crippen molar-refractivity contribution in [3.8, 4) is 0 Å². The first-order chi connectivity index (χ1) is 12.3. The van der Waals surface area contributed by atoms with E-state index in [0.29, 0.717) is 5.92 Å². The van der Waals surface area contributed by atoms with E-state index in [2.05, 4.69) is 31.7 Å². The maximum Gasteiger partial charge on any atom is 0.152 e. The Kier molecular flexibility index (Phi) is 5.15. The van der Waals surface area contributed by atoms with Crippen molar-refractivity contribution in [1.82, 2.24) is 29.2 Å². The van der Waals surface area contributed by atoms with Crippen LogP contribution in [0.15, 0.2) is 18.7 Å². The van der Waals surface area contributed by atoms with Gasteiger partial charge in [-0.05, 0) is 38.8 Å². The fourth-order valence-corrected chi connectivity index (χ4v) is 4.56. The van der Waals surface area contributed by atoms with Gasteiger partial charge in [-0.15, -0.1) is 10.2 Å². The molecule has 1 aliphatic heterocycles. The quantitative estimate of drug-likeness (QED) is 0.802. The van der Waals surface area contributed by atoms with Crippen LogP contribution in [0.3, 0.4) is 0 Å². The average molecular weight is 342 g/mol. The van der Waals surface area contributed by atoms with Crippen LogP contribution in [-0.4, -0.2) is 48.3 Å². The van der Waals surface area contributed by atoms with Gasteiger partial charge < -0.3 is 14.0 Å². The number of likely N-dealkylation sites (tertiary alicyclic amines) is 1. The normalized spacial score (nSPS) is 21.5. The predicted molar refractivity (Wildman–Crippen MR) is 97.4 cm³/mol. The van der Waals surface area contributed by atoms with Gasteiger partial charge in [0.1, 0.15) is 5.82 Å². The number of aromatic nitrogens is 5. The Morgan fingerprint density at radius 1 is 1.00 bits per heavy atom. The lowest BCUT2D eigenvalue weighted by Gasteiger charge is -2.37. The SMILES string of the molecule is Cn1c(Cn2ccnc2)nnc1C1CCN(C2CCCCCC2)CC1. The second-order valence-corrected chi connectivity index (χ2v) is 7.72. The van der Waals surface area contributed by atoms with Gasteiger partial charge in [0.2, 0.25) is 0 Å². The highest BCUT2D eigenvalue weighted by molar-refractivity contribution is 5.04. The van der Waals surface area contributed by atoms with Gasteiger partial charge >= 0.3 is 0 Å². The Labute approximate surface area is 150 Å². The third kappa shape index (κ3) is 3.78. The molecule has 1 aliphatic carbocycles. The molecule has 6 heteroatoms. The first-order valence-electron chi connectivity index (χ1n) is 9.89. The number of piperidine rings is 1. The Hall–Kier alpha value is -1.69. The second kappa shape index (κ2) is 7.68. The summed E-state index contributed by atoms with van der Waals surface area (Å²) in [6.45, 7) is 3.18. The number of rotatable bonds is 4. The molecule has 4 rings (SSSR count). The van der Waals surface area contributed by atoms with Gasteiger partial charge in [0, 0.05) is 31.4 Å². The highest BCUT2D eigenvalue weighted by Crippen LogP contribution is 2.31. The van der Waals surface area contributed by atoms with Crippen molar-refractivity contribution in [1.29, 1.82) is 0 Å². The molecule has 2 aliphatic rings. The second-order valence-electron chi connectivity index (χ2n) is 7.72. The van der Waals surface area contributed by atoms with Crippen LogP contribution >= 0.6 is 0 Å². The summed E-state index contributed by atoms with van der Waals surface area (Å²) in [6, 6.07) is 0.833. The van der Waals surface area contributed by atoms with Crippen LogP contribution in [0.5, 0.6) is 0 Å². The van der Waals surface area contributed by atoms with E-state index in [-0.39, 0.29) is 0 Å². The van der Waals surface area contributed by atoms with E-state index in [4.69, 9.17) is 0 Å². The van der Waals surface area contributed by atoms with Crippen molar-refractivity contribution in [3.05, 3.63) is 30.4 Å². The molecule has 1 saturated carbocycles. The molecule has 0 atom stereocenters. The molecule has 2 fully saturated rings. The zero-order valence-electron chi connectivity index (χ0n) is 15.3. The highest BCUT2D eigenvalue weighted by Gasteiger charge is 2.28. The van der Waals surface area contributed by atoms with Crippen molar-refractivity contribution in [3.63, 3.8) is 0 Å². The zero-order valence-corrected chi connectivity index (χ0v) is 15.3. The first-order valence-corrected chi connectivity index (χ1v) is 9.89. The molecule has 1 saturated heterocycles. The third-order valence-corrected chi connectivity index (χ3v) is 6.12. The van der Waals surface area contributed by atoms with Crippen LogP contribution in [-0.2, 0) is 13.6 Å². The summed E-state index contributed by atoms with van der Waals surface area (Å²) in [5, 5.41) is 8.97. The molecule has 25 heavy (non-hydrogen) atoms. The molecule has 0 radical (unpaired) electrons. The van der Waals surface area contributed by atoms with Crippen molar-refractivity contribution in [2.24, 2.45) is 7.05 Å². The lowest BCUT2D eigenvalue weighted by Crippen LogP contribution is -2.41. The maximum atomic E-state index is 4.53. The van der Waals surface area contributed by atoms with Crippen LogP contribution in [0.25, 0.3) is 0 Å². The van der Waals surface area contributed by atoms with Crippen LogP contribution < -0.4 is 0 Å². The largest absolute Gasteiger partial charge is 0.330 e. The number of hydrogen-bond acceptors (Lipinski definition) is 4. The molecule has 136 valence electrons. The molecule has 2 aromatic heterocycles. The monoisotopic (exact) mass is 342 g/mol. The molecule has 6 nitrogen and oxygen atoms in total. The summed E-state index contributed by atoms with van der Waals surface area (Å²) in [7, 11) is 2.11. The number of imidazole rings is 1. The fourth-order valence-electron chi connectivity index (χ4n) is 4.56. The van der Waals surface area contributed by atoms with E-state index in [0.717, 1.165) is 24.2 Å². The van der Waals surface area contributed by atoms with E-state index in [1.807, 2.05) is 17.1 Å². The van der Waals surface area contributed by atoms with Gasteiger partial charge in [0.25, 0.3) is 0 Å². The van der Waals surface area contributed by atoms with Crippen molar-refractivity contribution in [2.45, 2.75) is 69.9 Å². The van der Waals surface area contributed by atoms with Gasteiger partial charge in [-0.25, -0.2) is 4.98 Å². The first kappa shape index (κ1) is 16.8. The predicted octanol–water partition coefficient (Wildman–Crippen LogP) is 2.96. The van der Waals surface area contributed by atoms with E-state index >= 15 is 0 Å².